The molecule has 9 heavy (non-hydrogen) atoms. The third-order valence-corrected chi connectivity index (χ3v) is 1.40. The Hall–Kier alpha value is -0.440. The van der Waals surface area contributed by atoms with Gasteiger partial charge in [-0.2, -0.15) is 0 Å². The standard InChI is InChI=1S/C6H9BrN2/c1-4(6(7)9)3-5(2)8/h3,8-9H,1-2H3/b4-3-,8-5?,9-6?. The summed E-state index contributed by atoms with van der Waals surface area (Å²) in [7, 11) is 0. The van der Waals surface area contributed by atoms with E-state index in [2.05, 4.69) is 15.9 Å². The fourth-order valence-electron chi connectivity index (χ4n) is 0.388. The average Bonchev–Trinajstić information content (AvgIpc) is 1.63. The van der Waals surface area contributed by atoms with Crippen LogP contribution >= 0.6 is 15.9 Å². The maximum atomic E-state index is 7.05. The Morgan fingerprint density at radius 3 is 1.89 bits per heavy atom. The average molecular weight is 189 g/mol. The van der Waals surface area contributed by atoms with Crippen molar-refractivity contribution in [2.45, 2.75) is 13.8 Å². The van der Waals surface area contributed by atoms with E-state index in [1.165, 1.54) is 0 Å². The second-order valence-electron chi connectivity index (χ2n) is 1.82. The van der Waals surface area contributed by atoms with Crippen LogP contribution in [0.15, 0.2) is 11.6 Å². The van der Waals surface area contributed by atoms with E-state index < -0.39 is 0 Å². The molecular formula is C6H9BrN2. The normalized spacial score (nSPS) is 11.2. The van der Waals surface area contributed by atoms with Gasteiger partial charge in [0.05, 0.1) is 4.62 Å². The van der Waals surface area contributed by atoms with Crippen LogP contribution in [0.4, 0.5) is 0 Å². The largest absolute Gasteiger partial charge is 0.306 e. The molecule has 0 rings (SSSR count). The van der Waals surface area contributed by atoms with Crippen molar-refractivity contribution in [1.82, 2.24) is 0 Å². The van der Waals surface area contributed by atoms with Crippen LogP contribution in [0.2, 0.25) is 0 Å². The lowest BCUT2D eigenvalue weighted by Gasteiger charge is -1.91. The van der Waals surface area contributed by atoms with Gasteiger partial charge in [0.1, 0.15) is 0 Å². The zero-order valence-corrected chi connectivity index (χ0v) is 7.04. The summed E-state index contributed by atoms with van der Waals surface area (Å²) < 4.78 is 0.342. The predicted molar refractivity (Wildman–Crippen MR) is 43.8 cm³/mol. The molecule has 0 aliphatic heterocycles. The SMILES string of the molecule is CC(=N)/C=C(/C)C(=N)Br. The number of halogens is 1. The van der Waals surface area contributed by atoms with Gasteiger partial charge < -0.3 is 5.41 Å². The molecule has 0 aliphatic carbocycles. The molecule has 0 saturated carbocycles. The number of rotatable bonds is 2. The van der Waals surface area contributed by atoms with Crippen LogP contribution in [0.1, 0.15) is 13.8 Å². The van der Waals surface area contributed by atoms with Crippen molar-refractivity contribution in [3.8, 4) is 0 Å². The second kappa shape index (κ2) is 3.56. The van der Waals surface area contributed by atoms with Gasteiger partial charge in [-0.15, -0.1) is 0 Å². The van der Waals surface area contributed by atoms with E-state index in [-0.39, 0.29) is 0 Å². The molecule has 0 aromatic carbocycles. The molecule has 3 heteroatoms. The maximum Gasteiger partial charge on any atom is 0.0996 e. The third kappa shape index (κ3) is 4.09. The Morgan fingerprint density at radius 1 is 1.33 bits per heavy atom. The van der Waals surface area contributed by atoms with E-state index in [1.807, 2.05) is 0 Å². The molecule has 0 spiro atoms. The van der Waals surface area contributed by atoms with Crippen molar-refractivity contribution >= 4 is 26.3 Å². The number of hydrogen-bond donors (Lipinski definition) is 2. The number of allylic oxidation sites excluding steroid dienone is 2. The van der Waals surface area contributed by atoms with E-state index >= 15 is 0 Å². The highest BCUT2D eigenvalue weighted by atomic mass is 79.9. The summed E-state index contributed by atoms with van der Waals surface area (Å²) in [6.07, 6.45) is 1.64. The summed E-state index contributed by atoms with van der Waals surface area (Å²) in [5.41, 5.74) is 1.25. The van der Waals surface area contributed by atoms with Crippen LogP contribution in [-0.2, 0) is 0 Å². The number of nitrogens with one attached hydrogen (secondary N) is 2. The van der Waals surface area contributed by atoms with Gasteiger partial charge in [0.2, 0.25) is 0 Å². The molecule has 0 atom stereocenters. The van der Waals surface area contributed by atoms with Crippen LogP contribution in [0.25, 0.3) is 0 Å². The van der Waals surface area contributed by atoms with E-state index in [0.717, 1.165) is 5.57 Å². The van der Waals surface area contributed by atoms with Crippen molar-refractivity contribution in [3.63, 3.8) is 0 Å². The first-order valence-electron chi connectivity index (χ1n) is 2.52. The van der Waals surface area contributed by atoms with E-state index in [9.17, 15) is 0 Å². The molecule has 0 bridgehead atoms. The van der Waals surface area contributed by atoms with Crippen LogP contribution in [0, 0.1) is 10.8 Å². The molecule has 0 amide bonds. The third-order valence-electron chi connectivity index (χ3n) is 0.779. The predicted octanol–water partition coefficient (Wildman–Crippen LogP) is 2.34. The van der Waals surface area contributed by atoms with Crippen LogP contribution < -0.4 is 0 Å². The first kappa shape index (κ1) is 8.56. The molecule has 2 N–H and O–H groups in total. The highest BCUT2D eigenvalue weighted by Crippen LogP contribution is 2.00. The molecule has 0 heterocycles. The molecule has 50 valence electrons. The lowest BCUT2D eigenvalue weighted by molar-refractivity contribution is 1.46. The monoisotopic (exact) mass is 188 g/mol. The van der Waals surface area contributed by atoms with Gasteiger partial charge in [-0.1, -0.05) is 0 Å². The van der Waals surface area contributed by atoms with Crippen molar-refractivity contribution < 1.29 is 0 Å². The van der Waals surface area contributed by atoms with Gasteiger partial charge in [0, 0.05) is 5.71 Å². The Morgan fingerprint density at radius 2 is 1.78 bits per heavy atom. The summed E-state index contributed by atoms with van der Waals surface area (Å²) in [6, 6.07) is 0. The fraction of sp³-hybridized carbons (Fsp3) is 0.333. The summed E-state index contributed by atoms with van der Waals surface area (Å²) in [5, 5.41) is 14.1. The van der Waals surface area contributed by atoms with Crippen LogP contribution in [-0.4, -0.2) is 10.3 Å². The van der Waals surface area contributed by atoms with Crippen molar-refractivity contribution in [3.05, 3.63) is 11.6 Å². The molecule has 0 aromatic rings. The molecule has 0 unspecified atom stereocenters. The fourth-order valence-corrected chi connectivity index (χ4v) is 0.503. The van der Waals surface area contributed by atoms with Gasteiger partial charge in [0.25, 0.3) is 0 Å². The van der Waals surface area contributed by atoms with Crippen molar-refractivity contribution in [2.75, 3.05) is 0 Å². The van der Waals surface area contributed by atoms with E-state index in [0.29, 0.717) is 10.3 Å². The molecule has 2 nitrogen and oxygen atoms in total. The molecule has 0 saturated heterocycles. The highest BCUT2D eigenvalue weighted by molar-refractivity contribution is 9.18. The Kier molecular flexibility index (Phi) is 3.39. The van der Waals surface area contributed by atoms with E-state index in [4.69, 9.17) is 10.8 Å². The van der Waals surface area contributed by atoms with Crippen LogP contribution in [0.5, 0.6) is 0 Å². The van der Waals surface area contributed by atoms with Gasteiger partial charge in [-0.3, -0.25) is 5.41 Å². The molecule has 0 aromatic heterocycles. The van der Waals surface area contributed by atoms with Crippen LogP contribution in [0.3, 0.4) is 0 Å². The van der Waals surface area contributed by atoms with Gasteiger partial charge in [-0.05, 0) is 41.4 Å². The second-order valence-corrected chi connectivity index (χ2v) is 2.62. The molecule has 0 radical (unpaired) electrons. The van der Waals surface area contributed by atoms with Crippen molar-refractivity contribution in [2.24, 2.45) is 0 Å². The lowest BCUT2D eigenvalue weighted by atomic mass is 10.2. The highest BCUT2D eigenvalue weighted by Gasteiger charge is 1.91. The maximum absolute atomic E-state index is 7.05. The Balaban J connectivity index is 4.17. The minimum Gasteiger partial charge on any atom is -0.306 e. The van der Waals surface area contributed by atoms with E-state index in [1.54, 1.807) is 19.9 Å². The quantitative estimate of drug-likeness (QED) is 0.626. The minimum atomic E-state index is 0.342. The summed E-state index contributed by atoms with van der Waals surface area (Å²) in [6.45, 7) is 3.47. The molecule has 0 aliphatic rings. The van der Waals surface area contributed by atoms with Crippen molar-refractivity contribution in [1.29, 1.82) is 10.8 Å². The molecule has 0 fully saturated rings. The van der Waals surface area contributed by atoms with Gasteiger partial charge >= 0.3 is 0 Å². The first-order chi connectivity index (χ1) is 4.04. The topological polar surface area (TPSA) is 47.7 Å². The molecular weight excluding hydrogens is 180 g/mol. The number of hydrogen-bond acceptors (Lipinski definition) is 2. The van der Waals surface area contributed by atoms with Gasteiger partial charge in [0.15, 0.2) is 0 Å². The summed E-state index contributed by atoms with van der Waals surface area (Å²) in [4.78, 5) is 0. The zero-order valence-electron chi connectivity index (χ0n) is 5.46. The summed E-state index contributed by atoms with van der Waals surface area (Å²) >= 11 is 2.99. The zero-order chi connectivity index (χ0) is 7.44. The Labute approximate surface area is 63.1 Å². The first-order valence-corrected chi connectivity index (χ1v) is 3.31. The lowest BCUT2D eigenvalue weighted by Crippen LogP contribution is -1.89. The summed E-state index contributed by atoms with van der Waals surface area (Å²) in [5.74, 6) is 0. The smallest absolute Gasteiger partial charge is 0.0996 e. The minimum absolute atomic E-state index is 0.342. The Bertz CT molecular complexity index is 170. The van der Waals surface area contributed by atoms with Gasteiger partial charge in [-0.25, -0.2) is 0 Å².